The van der Waals surface area contributed by atoms with Crippen molar-refractivity contribution >= 4 is 34.1 Å². The number of rotatable bonds is 6. The van der Waals surface area contributed by atoms with Crippen LogP contribution in [0.25, 0.3) is 10.9 Å². The molecular formula is C21H23N5O3. The van der Waals surface area contributed by atoms with Gasteiger partial charge >= 0.3 is 6.03 Å². The molecule has 2 aromatic carbocycles. The van der Waals surface area contributed by atoms with Gasteiger partial charge in [-0.05, 0) is 51.4 Å². The lowest BCUT2D eigenvalue weighted by Crippen LogP contribution is -2.27. The first-order chi connectivity index (χ1) is 13.8. The van der Waals surface area contributed by atoms with E-state index >= 15 is 0 Å². The van der Waals surface area contributed by atoms with Crippen LogP contribution in [0, 0.1) is 0 Å². The number of anilines is 2. The molecule has 0 aliphatic carbocycles. The van der Waals surface area contributed by atoms with Gasteiger partial charge in [-0.25, -0.2) is 9.78 Å². The van der Waals surface area contributed by atoms with Crippen molar-refractivity contribution in [2.75, 3.05) is 31.3 Å². The fraction of sp³-hybridized carbons (Fsp3) is 0.238. The zero-order valence-electron chi connectivity index (χ0n) is 16.6. The largest absolute Gasteiger partial charge is 0.323 e. The third-order valence-corrected chi connectivity index (χ3v) is 4.40. The fourth-order valence-corrected chi connectivity index (χ4v) is 2.81. The van der Waals surface area contributed by atoms with Crippen LogP contribution in [0.1, 0.15) is 17.3 Å². The molecule has 2 amide bonds. The van der Waals surface area contributed by atoms with E-state index in [-0.39, 0.29) is 11.3 Å². The highest BCUT2D eigenvalue weighted by molar-refractivity contribution is 6.02. The van der Waals surface area contributed by atoms with Crippen LogP contribution in [-0.2, 0) is 6.54 Å². The van der Waals surface area contributed by atoms with Crippen LogP contribution < -0.4 is 16.2 Å². The lowest BCUT2D eigenvalue weighted by atomic mass is 10.1. The number of hydrogen-bond acceptors (Lipinski definition) is 5. The molecule has 0 atom stereocenters. The predicted octanol–water partition coefficient (Wildman–Crippen LogP) is 2.80. The lowest BCUT2D eigenvalue weighted by Gasteiger charge is -2.12. The number of nitrogens with one attached hydrogen (secondary N) is 2. The van der Waals surface area contributed by atoms with E-state index in [1.807, 2.05) is 19.0 Å². The molecule has 3 rings (SSSR count). The van der Waals surface area contributed by atoms with Gasteiger partial charge in [-0.15, -0.1) is 0 Å². The number of Topliss-reactive ketones (excluding diaryl/α,β-unsaturated/α-hetero) is 1. The highest BCUT2D eigenvalue weighted by Gasteiger charge is 2.09. The Balaban J connectivity index is 1.78. The van der Waals surface area contributed by atoms with Gasteiger partial charge in [-0.2, -0.15) is 0 Å². The van der Waals surface area contributed by atoms with Crippen LogP contribution in [0.3, 0.4) is 0 Å². The molecule has 0 aliphatic rings. The SMILES string of the molecule is CC(=O)c1cccc(NC(=O)Nc2ccc3ncn(CCN(C)C)c(=O)c3c2)c1. The van der Waals surface area contributed by atoms with Crippen molar-refractivity contribution in [3.63, 3.8) is 0 Å². The number of benzene rings is 2. The second-order valence-electron chi connectivity index (χ2n) is 6.99. The third-order valence-electron chi connectivity index (χ3n) is 4.40. The van der Waals surface area contributed by atoms with E-state index in [0.29, 0.717) is 40.9 Å². The third kappa shape index (κ3) is 5.05. The van der Waals surface area contributed by atoms with Gasteiger partial charge in [0.1, 0.15) is 0 Å². The molecule has 1 heterocycles. The summed E-state index contributed by atoms with van der Waals surface area (Å²) in [6.45, 7) is 2.71. The topological polar surface area (TPSA) is 96.3 Å². The first kappa shape index (κ1) is 20.2. The normalized spacial score (nSPS) is 10.9. The van der Waals surface area contributed by atoms with Crippen LogP contribution in [0.4, 0.5) is 16.2 Å². The molecule has 2 N–H and O–H groups in total. The van der Waals surface area contributed by atoms with Gasteiger partial charge in [-0.3, -0.25) is 14.2 Å². The highest BCUT2D eigenvalue weighted by atomic mass is 16.2. The molecule has 0 radical (unpaired) electrons. The molecule has 150 valence electrons. The predicted molar refractivity (Wildman–Crippen MR) is 114 cm³/mol. The number of likely N-dealkylation sites (N-methyl/N-ethyl adjacent to an activating group) is 1. The Morgan fingerprint density at radius 1 is 1.07 bits per heavy atom. The summed E-state index contributed by atoms with van der Waals surface area (Å²) < 4.78 is 1.56. The number of fused-ring (bicyclic) bond motifs is 1. The van der Waals surface area contributed by atoms with E-state index in [1.165, 1.54) is 13.3 Å². The summed E-state index contributed by atoms with van der Waals surface area (Å²) in [5, 5.41) is 5.83. The summed E-state index contributed by atoms with van der Waals surface area (Å²) in [4.78, 5) is 42.8. The van der Waals surface area contributed by atoms with Gasteiger partial charge in [0.25, 0.3) is 5.56 Å². The lowest BCUT2D eigenvalue weighted by molar-refractivity contribution is 0.101. The Hall–Kier alpha value is -3.52. The van der Waals surface area contributed by atoms with Crippen LogP contribution in [-0.4, -0.2) is 46.9 Å². The van der Waals surface area contributed by atoms with Crippen LogP contribution in [0.5, 0.6) is 0 Å². The van der Waals surface area contributed by atoms with Crippen molar-refractivity contribution in [3.8, 4) is 0 Å². The van der Waals surface area contributed by atoms with Crippen molar-refractivity contribution in [2.24, 2.45) is 0 Å². The Labute approximate surface area is 168 Å². The van der Waals surface area contributed by atoms with Gasteiger partial charge in [0.05, 0.1) is 17.2 Å². The van der Waals surface area contributed by atoms with E-state index < -0.39 is 6.03 Å². The summed E-state index contributed by atoms with van der Waals surface area (Å²) in [5.41, 5.74) is 1.90. The van der Waals surface area contributed by atoms with Gasteiger partial charge in [0.15, 0.2) is 5.78 Å². The van der Waals surface area contributed by atoms with Gasteiger partial charge < -0.3 is 15.5 Å². The highest BCUT2D eigenvalue weighted by Crippen LogP contribution is 2.16. The van der Waals surface area contributed by atoms with Crippen molar-refractivity contribution < 1.29 is 9.59 Å². The zero-order valence-corrected chi connectivity index (χ0v) is 16.6. The first-order valence-corrected chi connectivity index (χ1v) is 9.16. The first-order valence-electron chi connectivity index (χ1n) is 9.16. The van der Waals surface area contributed by atoms with E-state index in [1.54, 1.807) is 47.0 Å². The molecule has 0 saturated heterocycles. The standard InChI is InChI=1S/C21H23N5O3/c1-14(27)15-5-4-6-16(11-15)23-21(29)24-17-7-8-19-18(12-17)20(28)26(13-22-19)10-9-25(2)3/h4-8,11-13H,9-10H2,1-3H3,(H2,23,24,29). The van der Waals surface area contributed by atoms with E-state index in [0.717, 1.165) is 0 Å². The molecule has 29 heavy (non-hydrogen) atoms. The number of ketones is 1. The average molecular weight is 393 g/mol. The Bertz CT molecular complexity index is 1120. The summed E-state index contributed by atoms with van der Waals surface area (Å²) in [5.74, 6) is -0.0818. The minimum Gasteiger partial charge on any atom is -0.308 e. The molecule has 0 aliphatic heterocycles. The molecule has 0 saturated carbocycles. The summed E-state index contributed by atoms with van der Waals surface area (Å²) in [6, 6.07) is 11.2. The smallest absolute Gasteiger partial charge is 0.308 e. The summed E-state index contributed by atoms with van der Waals surface area (Å²) in [7, 11) is 3.87. The maximum Gasteiger partial charge on any atom is 0.323 e. The molecule has 8 nitrogen and oxygen atoms in total. The average Bonchev–Trinajstić information content (AvgIpc) is 2.68. The van der Waals surface area contributed by atoms with Gasteiger partial charge in [-0.1, -0.05) is 12.1 Å². The zero-order chi connectivity index (χ0) is 21.0. The molecular weight excluding hydrogens is 370 g/mol. The number of amides is 2. The molecule has 1 aromatic heterocycles. The van der Waals surface area contributed by atoms with Crippen molar-refractivity contribution in [1.82, 2.24) is 14.5 Å². The monoisotopic (exact) mass is 393 g/mol. The second-order valence-corrected chi connectivity index (χ2v) is 6.99. The molecule has 0 unspecified atom stereocenters. The molecule has 8 heteroatoms. The maximum atomic E-state index is 12.7. The number of carbonyl (C=O) groups excluding carboxylic acids is 2. The summed E-state index contributed by atoms with van der Waals surface area (Å²) in [6.07, 6.45) is 1.54. The van der Waals surface area contributed by atoms with Crippen molar-refractivity contribution in [2.45, 2.75) is 13.5 Å². The number of urea groups is 1. The van der Waals surface area contributed by atoms with Crippen LogP contribution in [0.15, 0.2) is 53.6 Å². The van der Waals surface area contributed by atoms with E-state index in [4.69, 9.17) is 0 Å². The van der Waals surface area contributed by atoms with E-state index in [2.05, 4.69) is 15.6 Å². The van der Waals surface area contributed by atoms with E-state index in [9.17, 15) is 14.4 Å². The quantitative estimate of drug-likeness (QED) is 0.628. The van der Waals surface area contributed by atoms with Crippen LogP contribution >= 0.6 is 0 Å². The van der Waals surface area contributed by atoms with Crippen molar-refractivity contribution in [1.29, 1.82) is 0 Å². The summed E-state index contributed by atoms with van der Waals surface area (Å²) >= 11 is 0. The number of nitrogens with zero attached hydrogens (tertiary/aromatic N) is 3. The molecule has 0 fully saturated rings. The Morgan fingerprint density at radius 3 is 2.48 bits per heavy atom. The maximum absolute atomic E-state index is 12.7. The molecule has 0 bridgehead atoms. The Kier molecular flexibility index (Phi) is 6.04. The second kappa shape index (κ2) is 8.66. The molecule has 0 spiro atoms. The molecule has 3 aromatic rings. The minimum atomic E-state index is -0.470. The van der Waals surface area contributed by atoms with Crippen LogP contribution in [0.2, 0.25) is 0 Å². The van der Waals surface area contributed by atoms with Crippen molar-refractivity contribution in [3.05, 3.63) is 64.7 Å². The minimum absolute atomic E-state index is 0.0818. The van der Waals surface area contributed by atoms with Gasteiger partial charge in [0, 0.05) is 30.0 Å². The Morgan fingerprint density at radius 2 is 1.79 bits per heavy atom. The number of hydrogen-bond donors (Lipinski definition) is 2. The number of carbonyl (C=O) groups is 2. The van der Waals surface area contributed by atoms with Gasteiger partial charge in [0.2, 0.25) is 0 Å². The number of aromatic nitrogens is 2. The fourth-order valence-electron chi connectivity index (χ4n) is 2.81.